The van der Waals surface area contributed by atoms with Crippen LogP contribution >= 0.6 is 0 Å². The van der Waals surface area contributed by atoms with Crippen molar-refractivity contribution >= 4 is 25.8 Å². The second-order valence-electron chi connectivity index (χ2n) is 6.37. The van der Waals surface area contributed by atoms with Crippen LogP contribution in [0.2, 0.25) is 0 Å². The van der Waals surface area contributed by atoms with Gasteiger partial charge >= 0.3 is 0 Å². The molecule has 8 nitrogen and oxygen atoms in total. The van der Waals surface area contributed by atoms with Gasteiger partial charge in [0.2, 0.25) is 10.0 Å². The topological polar surface area (TPSA) is 95.1 Å². The molecule has 1 aromatic carbocycles. The number of amides is 1. The van der Waals surface area contributed by atoms with E-state index in [1.54, 1.807) is 19.1 Å². The third-order valence-corrected chi connectivity index (χ3v) is 7.61. The van der Waals surface area contributed by atoms with Crippen LogP contribution in [0.1, 0.15) is 16.8 Å². The average molecular weight is 389 g/mol. The molecule has 25 heavy (non-hydrogen) atoms. The fourth-order valence-corrected chi connectivity index (χ4v) is 5.42. The molecule has 1 saturated heterocycles. The molecule has 1 fully saturated rings. The summed E-state index contributed by atoms with van der Waals surface area (Å²) in [4.78, 5) is 12.9. The molecule has 0 unspecified atom stereocenters. The van der Waals surface area contributed by atoms with Crippen molar-refractivity contribution in [2.45, 2.75) is 17.4 Å². The molecule has 1 amide bonds. The van der Waals surface area contributed by atoms with Crippen LogP contribution in [0.15, 0.2) is 29.2 Å². The maximum absolute atomic E-state index is 12.9. The van der Waals surface area contributed by atoms with Crippen LogP contribution < -0.4 is 0 Å². The highest BCUT2D eigenvalue weighted by Gasteiger charge is 2.36. The van der Waals surface area contributed by atoms with Crippen LogP contribution in [0.4, 0.5) is 0 Å². The van der Waals surface area contributed by atoms with Gasteiger partial charge in [-0.25, -0.2) is 26.1 Å². The summed E-state index contributed by atoms with van der Waals surface area (Å²) in [5, 5.41) is 2.92. The Bertz CT molecular complexity index is 863. The molecule has 1 aromatic rings. The van der Waals surface area contributed by atoms with E-state index in [1.807, 2.05) is 0 Å². The number of hydrazine groups is 1. The first-order valence-corrected chi connectivity index (χ1v) is 11.0. The monoisotopic (exact) mass is 389 g/mol. The Hall–Kier alpha value is -1.49. The Morgan fingerprint density at radius 3 is 2.28 bits per heavy atom. The molecule has 0 aliphatic carbocycles. The molecule has 0 spiro atoms. The lowest BCUT2D eigenvalue weighted by Gasteiger charge is -2.33. The molecule has 0 N–H and O–H groups in total. The minimum Gasteiger partial charge on any atom is -0.268 e. The van der Waals surface area contributed by atoms with Gasteiger partial charge in [0.15, 0.2) is 9.84 Å². The number of benzene rings is 1. The second-order valence-corrected chi connectivity index (χ2v) is 10.7. The van der Waals surface area contributed by atoms with Crippen molar-refractivity contribution in [3.8, 4) is 0 Å². The Balaban J connectivity index is 2.38. The molecule has 0 aromatic heterocycles. The number of rotatable bonds is 5. The highest BCUT2D eigenvalue weighted by Crippen LogP contribution is 2.22. The van der Waals surface area contributed by atoms with Gasteiger partial charge in [-0.15, -0.1) is 0 Å². The van der Waals surface area contributed by atoms with Gasteiger partial charge in [0.05, 0.1) is 22.4 Å². The summed E-state index contributed by atoms with van der Waals surface area (Å²) in [6.45, 7) is 0. The molecule has 2 rings (SSSR count). The standard InChI is InChI=1S/C15H23N3O5S2/c1-16(2)18(13-8-9-24(20,21)11-13)15(19)12-6-5-7-14(10-12)25(22,23)17(3)4/h5-7,10,13H,8-9,11H2,1-4H3/t13-/m1/s1. The van der Waals surface area contributed by atoms with Crippen molar-refractivity contribution in [1.82, 2.24) is 14.3 Å². The summed E-state index contributed by atoms with van der Waals surface area (Å²) in [5.74, 6) is -0.473. The van der Waals surface area contributed by atoms with Crippen LogP contribution in [-0.4, -0.2) is 82.8 Å². The van der Waals surface area contributed by atoms with Gasteiger partial charge < -0.3 is 0 Å². The first-order chi connectivity index (χ1) is 11.5. The van der Waals surface area contributed by atoms with Crippen molar-refractivity contribution < 1.29 is 21.6 Å². The zero-order valence-corrected chi connectivity index (χ0v) is 16.3. The van der Waals surface area contributed by atoms with E-state index < -0.39 is 31.8 Å². The Labute approximate surface area is 149 Å². The number of hydrogen-bond acceptors (Lipinski definition) is 6. The maximum atomic E-state index is 12.9. The SMILES string of the molecule is CN(C)N(C(=O)c1cccc(S(=O)(=O)N(C)C)c1)[C@@H]1CCS(=O)(=O)C1. The highest BCUT2D eigenvalue weighted by atomic mass is 32.2. The number of sulfone groups is 1. The predicted octanol–water partition coefficient (Wildman–Crippen LogP) is 0.0428. The zero-order chi connectivity index (χ0) is 19.0. The molecule has 1 atom stereocenters. The number of carbonyl (C=O) groups excluding carboxylic acids is 1. The van der Waals surface area contributed by atoms with E-state index in [0.29, 0.717) is 6.42 Å². The lowest BCUT2D eigenvalue weighted by Crippen LogP contribution is -2.49. The molecule has 1 aliphatic rings. The van der Waals surface area contributed by atoms with Gasteiger partial charge in [-0.1, -0.05) is 6.07 Å². The fraction of sp³-hybridized carbons (Fsp3) is 0.533. The van der Waals surface area contributed by atoms with Gasteiger partial charge in [-0.2, -0.15) is 0 Å². The molecule has 0 bridgehead atoms. The molecule has 140 valence electrons. The largest absolute Gasteiger partial charge is 0.268 e. The lowest BCUT2D eigenvalue weighted by atomic mass is 10.1. The summed E-state index contributed by atoms with van der Waals surface area (Å²) >= 11 is 0. The molecular formula is C15H23N3O5S2. The van der Waals surface area contributed by atoms with Gasteiger partial charge in [-0.3, -0.25) is 9.80 Å². The molecule has 0 radical (unpaired) electrons. The third kappa shape index (κ3) is 4.20. The van der Waals surface area contributed by atoms with E-state index in [4.69, 9.17) is 0 Å². The summed E-state index contributed by atoms with van der Waals surface area (Å²) in [5.41, 5.74) is 0.195. The first kappa shape index (κ1) is 19.8. The number of carbonyl (C=O) groups is 1. The van der Waals surface area contributed by atoms with E-state index in [0.717, 1.165) is 4.31 Å². The molecule has 10 heteroatoms. The van der Waals surface area contributed by atoms with Crippen molar-refractivity contribution in [2.24, 2.45) is 0 Å². The zero-order valence-electron chi connectivity index (χ0n) is 14.7. The van der Waals surface area contributed by atoms with Gasteiger partial charge in [0.25, 0.3) is 5.91 Å². The summed E-state index contributed by atoms with van der Waals surface area (Å²) in [6.07, 6.45) is 0.363. The molecule has 0 saturated carbocycles. The van der Waals surface area contributed by atoms with E-state index in [1.165, 1.54) is 43.4 Å². The van der Waals surface area contributed by atoms with Crippen LogP contribution in [0, 0.1) is 0 Å². The molecule has 1 aliphatic heterocycles. The van der Waals surface area contributed by atoms with E-state index in [2.05, 4.69) is 0 Å². The quantitative estimate of drug-likeness (QED) is 0.660. The van der Waals surface area contributed by atoms with E-state index in [9.17, 15) is 21.6 Å². The second kappa shape index (κ2) is 7.02. The minimum absolute atomic E-state index is 0.0149. The smallest absolute Gasteiger partial charge is 0.268 e. The van der Waals surface area contributed by atoms with Crippen molar-refractivity contribution in [1.29, 1.82) is 0 Å². The van der Waals surface area contributed by atoms with Crippen molar-refractivity contribution in [3.05, 3.63) is 29.8 Å². The molecule has 1 heterocycles. The maximum Gasteiger partial charge on any atom is 0.268 e. The number of hydrogen-bond donors (Lipinski definition) is 0. The Kier molecular flexibility index (Phi) is 5.57. The normalized spacial score (nSPS) is 20.2. The van der Waals surface area contributed by atoms with Crippen LogP contribution in [0.25, 0.3) is 0 Å². The van der Waals surface area contributed by atoms with Gasteiger partial charge in [-0.05, 0) is 24.6 Å². The summed E-state index contributed by atoms with van der Waals surface area (Å²) in [6, 6.07) is 5.31. The van der Waals surface area contributed by atoms with Crippen molar-refractivity contribution in [3.63, 3.8) is 0 Å². The third-order valence-electron chi connectivity index (χ3n) is 4.05. The average Bonchev–Trinajstić information content (AvgIpc) is 2.86. The van der Waals surface area contributed by atoms with Crippen LogP contribution in [0.5, 0.6) is 0 Å². The van der Waals surface area contributed by atoms with Crippen LogP contribution in [-0.2, 0) is 19.9 Å². The summed E-state index contributed by atoms with van der Waals surface area (Å²) in [7, 11) is -0.675. The highest BCUT2D eigenvalue weighted by molar-refractivity contribution is 7.91. The first-order valence-electron chi connectivity index (χ1n) is 7.69. The van der Waals surface area contributed by atoms with Crippen LogP contribution in [0.3, 0.4) is 0 Å². The van der Waals surface area contributed by atoms with E-state index in [-0.39, 0.29) is 22.0 Å². The van der Waals surface area contributed by atoms with E-state index >= 15 is 0 Å². The Morgan fingerprint density at radius 1 is 1.16 bits per heavy atom. The molecular weight excluding hydrogens is 366 g/mol. The van der Waals surface area contributed by atoms with Gasteiger partial charge in [0, 0.05) is 33.8 Å². The Morgan fingerprint density at radius 2 is 1.80 bits per heavy atom. The fourth-order valence-electron chi connectivity index (χ4n) is 2.78. The lowest BCUT2D eigenvalue weighted by molar-refractivity contribution is 0.000988. The number of nitrogens with zero attached hydrogens (tertiary/aromatic N) is 3. The minimum atomic E-state index is -3.66. The predicted molar refractivity (Wildman–Crippen MR) is 94.2 cm³/mol. The summed E-state index contributed by atoms with van der Waals surface area (Å²) < 4.78 is 49.1. The van der Waals surface area contributed by atoms with Crippen molar-refractivity contribution in [2.75, 3.05) is 39.7 Å². The number of sulfonamides is 1. The van der Waals surface area contributed by atoms with Gasteiger partial charge in [0.1, 0.15) is 0 Å².